The van der Waals surface area contributed by atoms with Gasteiger partial charge in [0.15, 0.2) is 0 Å². The number of sulfonamides is 2. The van der Waals surface area contributed by atoms with Crippen molar-refractivity contribution in [2.24, 2.45) is 0 Å². The Hall–Kier alpha value is -4.11. The molecule has 0 aromatic heterocycles. The van der Waals surface area contributed by atoms with Crippen LogP contribution in [0.4, 0.5) is 4.39 Å². The molecule has 4 aromatic rings. The summed E-state index contributed by atoms with van der Waals surface area (Å²) in [6, 6.07) is 21.6. The highest BCUT2D eigenvalue weighted by atomic mass is 32.3. The number of benzene rings is 4. The predicted molar refractivity (Wildman–Crippen MR) is 154 cm³/mol. The topological polar surface area (TPSA) is 141 Å². The molecule has 0 radical (unpaired) electrons. The monoisotopic (exact) mass is 647 g/mol. The summed E-state index contributed by atoms with van der Waals surface area (Å²) in [6.07, 6.45) is 0. The fraction of sp³-hybridized carbons (Fsp3) is 0.138. The van der Waals surface area contributed by atoms with Crippen molar-refractivity contribution >= 4 is 36.1 Å². The third-order valence-corrected chi connectivity index (χ3v) is 11.6. The first-order valence-corrected chi connectivity index (χ1v) is 16.9. The van der Waals surface area contributed by atoms with Gasteiger partial charge < -0.3 is 8.92 Å². The molecule has 0 aliphatic heterocycles. The van der Waals surface area contributed by atoms with Gasteiger partial charge in [-0.1, -0.05) is 54.1 Å². The highest BCUT2D eigenvalue weighted by molar-refractivity contribution is 8.04. The fourth-order valence-electron chi connectivity index (χ4n) is 3.97. The molecule has 0 saturated carbocycles. The minimum atomic E-state index is -5.31. The lowest BCUT2D eigenvalue weighted by molar-refractivity contribution is -0.164. The van der Waals surface area contributed by atoms with E-state index in [4.69, 9.17) is 8.92 Å². The number of hydrogen-bond donors (Lipinski definition) is 0. The average molecular weight is 648 g/mol. The predicted octanol–water partition coefficient (Wildman–Crippen LogP) is 4.53. The molecule has 1 atom stereocenters. The second kappa shape index (κ2) is 12.2. The van der Waals surface area contributed by atoms with Crippen LogP contribution >= 0.6 is 0 Å². The van der Waals surface area contributed by atoms with E-state index in [1.54, 1.807) is 19.1 Å². The Kier molecular flexibility index (Phi) is 9.06. The van der Waals surface area contributed by atoms with Gasteiger partial charge in [-0.05, 0) is 78.2 Å². The zero-order valence-electron chi connectivity index (χ0n) is 22.8. The molecule has 0 amide bonds. The first-order chi connectivity index (χ1) is 20.2. The number of hydrogen-bond acceptors (Lipinski definition) is 9. The third kappa shape index (κ3) is 6.32. The van der Waals surface area contributed by atoms with E-state index in [-0.39, 0.29) is 10.6 Å². The molecule has 0 aliphatic carbocycles. The van der Waals surface area contributed by atoms with Crippen molar-refractivity contribution in [1.29, 1.82) is 0 Å². The van der Waals surface area contributed by atoms with Crippen LogP contribution in [-0.2, 0) is 45.5 Å². The van der Waals surface area contributed by atoms with Crippen LogP contribution in [-0.4, -0.2) is 41.5 Å². The SMILES string of the molecule is CCOC(=O)C(F)(c1ccc(OS(=O)(=O)c2ccc(C)cc2)cc1)N(S(=O)(=O)c1ccccc1)S(=O)(=O)c1ccccc1. The van der Waals surface area contributed by atoms with E-state index < -0.39 is 67.6 Å². The van der Waals surface area contributed by atoms with E-state index in [1.807, 2.05) is 0 Å². The van der Waals surface area contributed by atoms with Gasteiger partial charge in [0.2, 0.25) is 0 Å². The second-order valence-electron chi connectivity index (χ2n) is 9.05. The van der Waals surface area contributed by atoms with Crippen molar-refractivity contribution < 1.29 is 43.4 Å². The molecule has 1 unspecified atom stereocenters. The van der Waals surface area contributed by atoms with Crippen molar-refractivity contribution in [3.05, 3.63) is 120 Å². The highest BCUT2D eigenvalue weighted by Crippen LogP contribution is 2.41. The minimum absolute atomic E-state index is 0.164. The summed E-state index contributed by atoms with van der Waals surface area (Å²) in [5.41, 5.74) is 0.0204. The van der Waals surface area contributed by atoms with Crippen LogP contribution < -0.4 is 4.18 Å². The van der Waals surface area contributed by atoms with Gasteiger partial charge in [-0.3, -0.25) is 0 Å². The van der Waals surface area contributed by atoms with Gasteiger partial charge in [-0.15, -0.1) is 0 Å². The number of rotatable bonds is 11. The molecule has 0 saturated heterocycles. The van der Waals surface area contributed by atoms with Gasteiger partial charge in [0.05, 0.1) is 16.4 Å². The lowest BCUT2D eigenvalue weighted by Gasteiger charge is -2.33. The summed E-state index contributed by atoms with van der Waals surface area (Å²) in [5.74, 6) is -6.14. The number of carbonyl (C=O) groups excluding carboxylic acids is 1. The normalized spacial score (nSPS) is 13.7. The maximum Gasteiger partial charge on any atom is 0.366 e. The minimum Gasteiger partial charge on any atom is -0.462 e. The van der Waals surface area contributed by atoms with Crippen LogP contribution in [0.2, 0.25) is 0 Å². The summed E-state index contributed by atoms with van der Waals surface area (Å²) >= 11 is 0. The van der Waals surface area contributed by atoms with Crippen molar-refractivity contribution in [2.45, 2.75) is 34.3 Å². The Morgan fingerprint density at radius 1 is 0.698 bits per heavy atom. The summed E-state index contributed by atoms with van der Waals surface area (Å²) in [5, 5.41) is 0. The number of esters is 1. The van der Waals surface area contributed by atoms with Gasteiger partial charge in [-0.2, -0.15) is 8.42 Å². The number of carbonyl (C=O) groups is 1. The number of aryl methyl sites for hydroxylation is 1. The number of nitrogens with zero attached hydrogens (tertiary/aromatic N) is 1. The first-order valence-electron chi connectivity index (χ1n) is 12.6. The molecule has 0 bridgehead atoms. The summed E-state index contributed by atoms with van der Waals surface area (Å²) in [7, 11) is -15.0. The van der Waals surface area contributed by atoms with E-state index in [0.717, 1.165) is 54.1 Å². The summed E-state index contributed by atoms with van der Waals surface area (Å²) in [4.78, 5) is 11.9. The molecule has 43 heavy (non-hydrogen) atoms. The smallest absolute Gasteiger partial charge is 0.366 e. The second-order valence-corrected chi connectivity index (χ2v) is 14.4. The van der Waals surface area contributed by atoms with Crippen LogP contribution in [0.25, 0.3) is 0 Å². The Morgan fingerprint density at radius 3 is 1.60 bits per heavy atom. The molecule has 10 nitrogen and oxygen atoms in total. The van der Waals surface area contributed by atoms with E-state index in [1.165, 1.54) is 55.5 Å². The van der Waals surface area contributed by atoms with Crippen LogP contribution in [0.1, 0.15) is 18.1 Å². The van der Waals surface area contributed by atoms with Gasteiger partial charge in [0, 0.05) is 5.56 Å². The van der Waals surface area contributed by atoms with Gasteiger partial charge >= 0.3 is 21.9 Å². The lowest BCUT2D eigenvalue weighted by atomic mass is 10.1. The zero-order valence-corrected chi connectivity index (χ0v) is 25.3. The molecule has 0 aliphatic rings. The van der Waals surface area contributed by atoms with E-state index in [9.17, 15) is 30.0 Å². The average Bonchev–Trinajstić information content (AvgIpc) is 2.98. The lowest BCUT2D eigenvalue weighted by Crippen LogP contribution is -2.54. The Morgan fingerprint density at radius 2 is 1.16 bits per heavy atom. The number of halogens is 1. The van der Waals surface area contributed by atoms with Crippen molar-refractivity contribution in [3.8, 4) is 5.75 Å². The standard InChI is InChI=1S/C29H26FNO9S3/c1-3-39-28(32)29(30,23-16-18-24(19-17-23)40-43(37,38)27-20-14-22(2)15-21-27)31(41(33,34)25-10-6-4-7-11-25)42(35,36)26-12-8-5-9-13-26/h4-21H,3H2,1-2H3. The fourth-order valence-corrected chi connectivity index (χ4v) is 8.86. The summed E-state index contributed by atoms with van der Waals surface area (Å²) < 4.78 is 108. The maximum absolute atomic E-state index is 17.4. The Balaban J connectivity index is 1.90. The van der Waals surface area contributed by atoms with Crippen LogP contribution in [0.3, 0.4) is 0 Å². The molecular formula is C29H26FNO9S3. The molecule has 14 heteroatoms. The molecule has 226 valence electrons. The Bertz CT molecular complexity index is 1850. The first kappa shape index (κ1) is 31.8. The molecule has 0 fully saturated rings. The molecule has 4 aromatic carbocycles. The molecule has 0 heterocycles. The summed E-state index contributed by atoms with van der Waals surface area (Å²) in [6.45, 7) is 2.67. The van der Waals surface area contributed by atoms with Crippen molar-refractivity contribution in [3.63, 3.8) is 0 Å². The molecule has 0 spiro atoms. The van der Waals surface area contributed by atoms with Gasteiger partial charge in [0.1, 0.15) is 10.6 Å². The third-order valence-electron chi connectivity index (χ3n) is 6.07. The van der Waals surface area contributed by atoms with Crippen LogP contribution in [0.15, 0.2) is 124 Å². The Labute approximate surface area is 249 Å². The maximum atomic E-state index is 17.4. The number of alkyl halides is 1. The van der Waals surface area contributed by atoms with E-state index >= 15 is 4.39 Å². The van der Waals surface area contributed by atoms with Crippen molar-refractivity contribution in [1.82, 2.24) is 3.71 Å². The van der Waals surface area contributed by atoms with Gasteiger partial charge in [-0.25, -0.2) is 26.0 Å². The quantitative estimate of drug-likeness (QED) is 0.130. The zero-order chi connectivity index (χ0) is 31.5. The number of ether oxygens (including phenoxy) is 1. The molecular weight excluding hydrogens is 622 g/mol. The van der Waals surface area contributed by atoms with E-state index in [2.05, 4.69) is 0 Å². The molecule has 0 N–H and O–H groups in total. The van der Waals surface area contributed by atoms with Crippen LogP contribution in [0.5, 0.6) is 5.75 Å². The largest absolute Gasteiger partial charge is 0.462 e. The van der Waals surface area contributed by atoms with Crippen LogP contribution in [0, 0.1) is 6.92 Å². The van der Waals surface area contributed by atoms with Crippen molar-refractivity contribution in [2.75, 3.05) is 6.61 Å². The molecule has 4 rings (SSSR count). The highest BCUT2D eigenvalue weighted by Gasteiger charge is 2.60. The van der Waals surface area contributed by atoms with E-state index in [0.29, 0.717) is 0 Å². The van der Waals surface area contributed by atoms with Gasteiger partial charge in [0.25, 0.3) is 20.0 Å².